The number of nitrogens with one attached hydrogen (secondary N) is 1. The molecule has 1 saturated heterocycles. The van der Waals surface area contributed by atoms with Gasteiger partial charge in [-0.3, -0.25) is 0 Å². The van der Waals surface area contributed by atoms with Crippen LogP contribution < -0.4 is 15.1 Å². The molecule has 11 heteroatoms. The molecule has 0 saturated carbocycles. The molecule has 0 spiro atoms. The zero-order valence-electron chi connectivity index (χ0n) is 15.8. The molecule has 28 heavy (non-hydrogen) atoms. The third-order valence-electron chi connectivity index (χ3n) is 4.39. The quantitative estimate of drug-likeness (QED) is 0.655. The van der Waals surface area contributed by atoms with E-state index in [4.69, 9.17) is 0 Å². The molecule has 0 unspecified atom stereocenters. The highest BCUT2D eigenvalue weighted by Crippen LogP contribution is 2.23. The van der Waals surface area contributed by atoms with Crippen molar-refractivity contribution in [3.05, 3.63) is 36.4 Å². The standard InChI is InChI=1S/C17H22N8.3ClH/c1-23(2)15-5-3-4-13(22-15)11-25-17-14(10-21-25)16(19-12-20-17)24-8-6-18-7-9-24;;;/h3-5,10,12,18H,6-9,11H2,1-2H3;3*1H. The van der Waals surface area contributed by atoms with Crippen molar-refractivity contribution in [2.75, 3.05) is 50.1 Å². The van der Waals surface area contributed by atoms with Gasteiger partial charge in [-0.2, -0.15) is 5.10 Å². The van der Waals surface area contributed by atoms with Crippen molar-refractivity contribution in [2.24, 2.45) is 0 Å². The second-order valence-electron chi connectivity index (χ2n) is 6.36. The summed E-state index contributed by atoms with van der Waals surface area (Å²) in [5.41, 5.74) is 1.80. The van der Waals surface area contributed by atoms with Gasteiger partial charge in [-0.15, -0.1) is 37.2 Å². The summed E-state index contributed by atoms with van der Waals surface area (Å²) in [7, 11) is 3.98. The van der Waals surface area contributed by atoms with Gasteiger partial charge < -0.3 is 15.1 Å². The molecule has 1 N–H and O–H groups in total. The van der Waals surface area contributed by atoms with E-state index in [1.807, 2.05) is 48.1 Å². The highest BCUT2D eigenvalue weighted by Gasteiger charge is 2.17. The van der Waals surface area contributed by atoms with Gasteiger partial charge in [0.1, 0.15) is 18.0 Å². The van der Waals surface area contributed by atoms with Crippen molar-refractivity contribution in [3.8, 4) is 0 Å². The average Bonchev–Trinajstić information content (AvgIpc) is 3.06. The first-order valence-electron chi connectivity index (χ1n) is 8.48. The Hall–Kier alpha value is -1.87. The van der Waals surface area contributed by atoms with Crippen LogP contribution in [0.4, 0.5) is 11.6 Å². The molecule has 0 aliphatic carbocycles. The number of hydrogen-bond acceptors (Lipinski definition) is 7. The Morgan fingerprint density at radius 2 is 1.82 bits per heavy atom. The molecular formula is C17H25Cl3N8. The summed E-state index contributed by atoms with van der Waals surface area (Å²) in [6.45, 7) is 4.43. The van der Waals surface area contributed by atoms with Gasteiger partial charge in [-0.05, 0) is 12.1 Å². The van der Waals surface area contributed by atoms with Gasteiger partial charge in [0.2, 0.25) is 0 Å². The van der Waals surface area contributed by atoms with E-state index in [0.717, 1.165) is 54.5 Å². The van der Waals surface area contributed by atoms with E-state index in [2.05, 4.69) is 30.3 Å². The number of fused-ring (bicyclic) bond motifs is 1. The lowest BCUT2D eigenvalue weighted by Gasteiger charge is -2.28. The highest BCUT2D eigenvalue weighted by molar-refractivity contribution is 5.87. The number of piperazine rings is 1. The fourth-order valence-corrected chi connectivity index (χ4v) is 3.08. The normalized spacial score (nSPS) is 13.3. The highest BCUT2D eigenvalue weighted by atomic mass is 35.5. The summed E-state index contributed by atoms with van der Waals surface area (Å²) >= 11 is 0. The molecule has 0 atom stereocenters. The Bertz CT molecular complexity index is 880. The zero-order chi connectivity index (χ0) is 17.2. The van der Waals surface area contributed by atoms with E-state index < -0.39 is 0 Å². The summed E-state index contributed by atoms with van der Waals surface area (Å²) in [6.07, 6.45) is 3.49. The van der Waals surface area contributed by atoms with E-state index in [-0.39, 0.29) is 37.2 Å². The Kier molecular flexibility index (Phi) is 9.16. The Morgan fingerprint density at radius 3 is 2.54 bits per heavy atom. The first-order chi connectivity index (χ1) is 12.2. The first kappa shape index (κ1) is 24.2. The number of nitrogens with zero attached hydrogens (tertiary/aromatic N) is 7. The molecule has 0 amide bonds. The van der Waals surface area contributed by atoms with Crippen molar-refractivity contribution >= 4 is 59.9 Å². The van der Waals surface area contributed by atoms with Gasteiger partial charge in [0, 0.05) is 40.3 Å². The second kappa shape index (κ2) is 10.6. The molecule has 1 aliphatic heterocycles. The van der Waals surface area contributed by atoms with Crippen molar-refractivity contribution in [1.29, 1.82) is 0 Å². The summed E-state index contributed by atoms with van der Waals surface area (Å²) in [5.74, 6) is 1.90. The number of pyridine rings is 1. The topological polar surface area (TPSA) is 75.0 Å². The number of aromatic nitrogens is 5. The molecule has 8 nitrogen and oxygen atoms in total. The lowest BCUT2D eigenvalue weighted by atomic mass is 10.3. The Balaban J connectivity index is 0.00000131. The number of anilines is 2. The lowest BCUT2D eigenvalue weighted by molar-refractivity contribution is 0.586. The lowest BCUT2D eigenvalue weighted by Crippen LogP contribution is -2.44. The SMILES string of the molecule is CN(C)c1cccc(Cn2ncc3c(N4CCNCC4)ncnc32)n1.Cl.Cl.Cl. The second-order valence-corrected chi connectivity index (χ2v) is 6.36. The molecule has 0 aromatic carbocycles. The average molecular weight is 448 g/mol. The minimum Gasteiger partial charge on any atom is -0.363 e. The van der Waals surface area contributed by atoms with Gasteiger partial charge in [0.25, 0.3) is 0 Å². The van der Waals surface area contributed by atoms with Crippen LogP contribution >= 0.6 is 37.2 Å². The van der Waals surface area contributed by atoms with Crippen molar-refractivity contribution in [1.82, 2.24) is 30.0 Å². The maximum atomic E-state index is 4.67. The van der Waals surface area contributed by atoms with E-state index in [1.54, 1.807) is 6.33 Å². The predicted molar refractivity (Wildman–Crippen MR) is 120 cm³/mol. The van der Waals surface area contributed by atoms with E-state index >= 15 is 0 Å². The number of halogens is 3. The predicted octanol–water partition coefficient (Wildman–Crippen LogP) is 2.01. The third kappa shape index (κ3) is 4.94. The molecule has 0 bridgehead atoms. The van der Waals surface area contributed by atoms with Crippen LogP contribution in [0, 0.1) is 0 Å². The summed E-state index contributed by atoms with van der Waals surface area (Å²) in [6, 6.07) is 6.03. The van der Waals surface area contributed by atoms with Crippen LogP contribution in [-0.2, 0) is 6.54 Å². The van der Waals surface area contributed by atoms with Crippen LogP contribution in [0.2, 0.25) is 0 Å². The van der Waals surface area contributed by atoms with Crippen LogP contribution in [0.15, 0.2) is 30.7 Å². The van der Waals surface area contributed by atoms with Crippen molar-refractivity contribution in [3.63, 3.8) is 0 Å². The molecule has 4 heterocycles. The molecular weight excluding hydrogens is 423 g/mol. The van der Waals surface area contributed by atoms with Gasteiger partial charge in [-0.25, -0.2) is 19.6 Å². The summed E-state index contributed by atoms with van der Waals surface area (Å²) in [5, 5.41) is 8.90. The van der Waals surface area contributed by atoms with Crippen molar-refractivity contribution in [2.45, 2.75) is 6.54 Å². The minimum atomic E-state index is 0. The largest absolute Gasteiger partial charge is 0.363 e. The van der Waals surface area contributed by atoms with Gasteiger partial charge in [0.15, 0.2) is 5.65 Å². The molecule has 3 aromatic heterocycles. The fourth-order valence-electron chi connectivity index (χ4n) is 3.08. The fraction of sp³-hybridized carbons (Fsp3) is 0.412. The van der Waals surface area contributed by atoms with E-state index in [0.29, 0.717) is 6.54 Å². The molecule has 154 valence electrons. The van der Waals surface area contributed by atoms with Gasteiger partial charge >= 0.3 is 0 Å². The maximum Gasteiger partial charge on any atom is 0.163 e. The van der Waals surface area contributed by atoms with Gasteiger partial charge in [-0.1, -0.05) is 6.07 Å². The first-order valence-corrected chi connectivity index (χ1v) is 8.48. The van der Waals surface area contributed by atoms with Crippen molar-refractivity contribution < 1.29 is 0 Å². The monoisotopic (exact) mass is 446 g/mol. The third-order valence-corrected chi connectivity index (χ3v) is 4.39. The summed E-state index contributed by atoms with van der Waals surface area (Å²) < 4.78 is 1.89. The molecule has 1 fully saturated rings. The number of rotatable bonds is 4. The number of hydrogen-bond donors (Lipinski definition) is 1. The van der Waals surface area contributed by atoms with Crippen LogP contribution in [0.5, 0.6) is 0 Å². The molecule has 1 aliphatic rings. The van der Waals surface area contributed by atoms with E-state index in [1.165, 1.54) is 0 Å². The summed E-state index contributed by atoms with van der Waals surface area (Å²) in [4.78, 5) is 17.9. The molecule has 3 aromatic rings. The van der Waals surface area contributed by atoms with Crippen LogP contribution in [0.3, 0.4) is 0 Å². The van der Waals surface area contributed by atoms with Crippen LogP contribution in [0.1, 0.15) is 5.69 Å². The Morgan fingerprint density at radius 1 is 1.07 bits per heavy atom. The van der Waals surface area contributed by atoms with Crippen LogP contribution in [0.25, 0.3) is 11.0 Å². The zero-order valence-corrected chi connectivity index (χ0v) is 18.2. The maximum absolute atomic E-state index is 4.67. The molecule has 4 rings (SSSR count). The van der Waals surface area contributed by atoms with Crippen LogP contribution in [-0.4, -0.2) is 65.0 Å². The van der Waals surface area contributed by atoms with E-state index in [9.17, 15) is 0 Å². The minimum absolute atomic E-state index is 0. The smallest absolute Gasteiger partial charge is 0.163 e. The van der Waals surface area contributed by atoms with Gasteiger partial charge in [0.05, 0.1) is 23.8 Å². The Labute approximate surface area is 183 Å². The molecule has 0 radical (unpaired) electrons.